The molecule has 88 valence electrons. The van der Waals surface area contributed by atoms with Gasteiger partial charge in [-0.2, -0.15) is 4.98 Å². The van der Waals surface area contributed by atoms with Crippen molar-refractivity contribution in [3.63, 3.8) is 0 Å². The normalized spacial score (nSPS) is 15.7. The minimum Gasteiger partial charge on any atom is -0.354 e. The maximum atomic E-state index is 13.6. The first-order valence-corrected chi connectivity index (χ1v) is 5.71. The van der Waals surface area contributed by atoms with Gasteiger partial charge in [-0.05, 0) is 26.2 Å². The standard InChI is InChI=1S/C11H17FN4/c1-3-13-11-14-7-9(12)10(15-11)16(2)8-5-4-6-8/h7-8H,3-6H2,1-2H3,(H,13,14,15). The second-order valence-electron chi connectivity index (χ2n) is 4.09. The van der Waals surface area contributed by atoms with Gasteiger partial charge in [0.2, 0.25) is 5.95 Å². The molecule has 16 heavy (non-hydrogen) atoms. The third kappa shape index (κ3) is 2.08. The van der Waals surface area contributed by atoms with E-state index in [4.69, 9.17) is 0 Å². The van der Waals surface area contributed by atoms with Gasteiger partial charge in [0.05, 0.1) is 6.20 Å². The summed E-state index contributed by atoms with van der Waals surface area (Å²) in [7, 11) is 1.89. The van der Waals surface area contributed by atoms with Crippen LogP contribution in [0.15, 0.2) is 6.20 Å². The van der Waals surface area contributed by atoms with Gasteiger partial charge < -0.3 is 10.2 Å². The van der Waals surface area contributed by atoms with E-state index < -0.39 is 0 Å². The van der Waals surface area contributed by atoms with E-state index >= 15 is 0 Å². The summed E-state index contributed by atoms with van der Waals surface area (Å²) in [5, 5.41) is 2.99. The van der Waals surface area contributed by atoms with Crippen molar-refractivity contribution in [1.82, 2.24) is 9.97 Å². The monoisotopic (exact) mass is 224 g/mol. The first-order valence-electron chi connectivity index (χ1n) is 5.71. The number of rotatable bonds is 4. The molecule has 1 saturated carbocycles. The number of hydrogen-bond acceptors (Lipinski definition) is 4. The SMILES string of the molecule is CCNc1ncc(F)c(N(C)C2CCC2)n1. The van der Waals surface area contributed by atoms with Crippen LogP contribution in [0, 0.1) is 5.82 Å². The van der Waals surface area contributed by atoms with Crippen LogP contribution in [0.25, 0.3) is 0 Å². The molecule has 4 nitrogen and oxygen atoms in total. The quantitative estimate of drug-likeness (QED) is 0.849. The van der Waals surface area contributed by atoms with E-state index in [9.17, 15) is 4.39 Å². The van der Waals surface area contributed by atoms with Gasteiger partial charge in [-0.3, -0.25) is 0 Å². The molecular formula is C11H17FN4. The Hall–Kier alpha value is -1.39. The van der Waals surface area contributed by atoms with Gasteiger partial charge in [-0.15, -0.1) is 0 Å². The zero-order valence-corrected chi connectivity index (χ0v) is 9.70. The molecule has 2 rings (SSSR count). The van der Waals surface area contributed by atoms with Crippen molar-refractivity contribution in [3.8, 4) is 0 Å². The van der Waals surface area contributed by atoms with E-state index in [1.807, 2.05) is 18.9 Å². The Morgan fingerprint density at radius 1 is 1.56 bits per heavy atom. The molecule has 1 aliphatic rings. The van der Waals surface area contributed by atoms with Crippen LogP contribution in [0.4, 0.5) is 16.2 Å². The Kier molecular flexibility index (Phi) is 3.22. The highest BCUT2D eigenvalue weighted by atomic mass is 19.1. The average molecular weight is 224 g/mol. The Morgan fingerprint density at radius 3 is 2.88 bits per heavy atom. The fourth-order valence-electron chi connectivity index (χ4n) is 1.80. The second kappa shape index (κ2) is 4.63. The number of anilines is 2. The van der Waals surface area contributed by atoms with Crippen molar-refractivity contribution >= 4 is 11.8 Å². The van der Waals surface area contributed by atoms with Crippen LogP contribution >= 0.6 is 0 Å². The zero-order chi connectivity index (χ0) is 11.5. The van der Waals surface area contributed by atoms with Gasteiger partial charge in [0.1, 0.15) is 0 Å². The smallest absolute Gasteiger partial charge is 0.224 e. The number of halogens is 1. The summed E-state index contributed by atoms with van der Waals surface area (Å²) in [5.41, 5.74) is 0. The van der Waals surface area contributed by atoms with Gasteiger partial charge in [-0.25, -0.2) is 9.37 Å². The lowest BCUT2D eigenvalue weighted by molar-refractivity contribution is 0.395. The topological polar surface area (TPSA) is 41.1 Å². The molecule has 1 fully saturated rings. The van der Waals surface area contributed by atoms with E-state index in [1.54, 1.807) is 0 Å². The summed E-state index contributed by atoms with van der Waals surface area (Å²) in [4.78, 5) is 10.0. The molecule has 0 spiro atoms. The first kappa shape index (κ1) is 11.1. The molecule has 0 unspecified atom stereocenters. The summed E-state index contributed by atoms with van der Waals surface area (Å²) in [6, 6.07) is 0.430. The van der Waals surface area contributed by atoms with Crippen molar-refractivity contribution in [3.05, 3.63) is 12.0 Å². The highest BCUT2D eigenvalue weighted by Gasteiger charge is 2.25. The van der Waals surface area contributed by atoms with Gasteiger partial charge in [0.15, 0.2) is 11.6 Å². The Morgan fingerprint density at radius 2 is 2.31 bits per heavy atom. The molecule has 1 N–H and O–H groups in total. The Labute approximate surface area is 94.9 Å². The fourth-order valence-corrected chi connectivity index (χ4v) is 1.80. The van der Waals surface area contributed by atoms with Crippen LogP contribution in [0.2, 0.25) is 0 Å². The van der Waals surface area contributed by atoms with Crippen molar-refractivity contribution in [2.45, 2.75) is 32.2 Å². The van der Waals surface area contributed by atoms with Crippen molar-refractivity contribution in [2.24, 2.45) is 0 Å². The third-order valence-corrected chi connectivity index (χ3v) is 3.02. The molecule has 0 amide bonds. The summed E-state index contributed by atoms with van der Waals surface area (Å²) in [6.45, 7) is 2.69. The lowest BCUT2D eigenvalue weighted by Gasteiger charge is -2.35. The van der Waals surface area contributed by atoms with E-state index in [2.05, 4.69) is 15.3 Å². The number of hydrogen-bond donors (Lipinski definition) is 1. The molecule has 1 aromatic rings. The molecule has 0 atom stereocenters. The van der Waals surface area contributed by atoms with E-state index in [1.165, 1.54) is 12.6 Å². The van der Waals surface area contributed by atoms with Crippen LogP contribution in [0.5, 0.6) is 0 Å². The molecule has 0 bridgehead atoms. The van der Waals surface area contributed by atoms with Crippen molar-refractivity contribution in [2.75, 3.05) is 23.8 Å². The Balaban J connectivity index is 2.19. The molecule has 0 radical (unpaired) electrons. The molecule has 0 saturated heterocycles. The second-order valence-corrected chi connectivity index (χ2v) is 4.09. The summed E-state index contributed by atoms with van der Waals surface area (Å²) < 4.78 is 13.6. The fraction of sp³-hybridized carbons (Fsp3) is 0.636. The summed E-state index contributed by atoms with van der Waals surface area (Å²) in [5.74, 6) is 0.539. The first-order chi connectivity index (χ1) is 7.72. The number of aromatic nitrogens is 2. The molecule has 5 heteroatoms. The highest BCUT2D eigenvalue weighted by Crippen LogP contribution is 2.28. The Bertz CT molecular complexity index is 365. The molecular weight excluding hydrogens is 207 g/mol. The van der Waals surface area contributed by atoms with Gasteiger partial charge in [-0.1, -0.05) is 0 Å². The molecule has 0 aromatic carbocycles. The van der Waals surface area contributed by atoms with Crippen LogP contribution in [-0.4, -0.2) is 29.6 Å². The minimum atomic E-state index is -0.351. The summed E-state index contributed by atoms with van der Waals surface area (Å²) >= 11 is 0. The van der Waals surface area contributed by atoms with E-state index in [-0.39, 0.29) is 5.82 Å². The molecule has 1 aromatic heterocycles. The van der Waals surface area contributed by atoms with Crippen molar-refractivity contribution < 1.29 is 4.39 Å². The van der Waals surface area contributed by atoms with Gasteiger partial charge in [0, 0.05) is 19.6 Å². The predicted octanol–water partition coefficient (Wildman–Crippen LogP) is 2.04. The zero-order valence-electron chi connectivity index (χ0n) is 9.70. The molecule has 1 heterocycles. The number of nitrogens with one attached hydrogen (secondary N) is 1. The van der Waals surface area contributed by atoms with Crippen LogP contribution in [-0.2, 0) is 0 Å². The predicted molar refractivity (Wildman–Crippen MR) is 62.2 cm³/mol. The minimum absolute atomic E-state index is 0.351. The average Bonchev–Trinajstić information content (AvgIpc) is 2.18. The summed E-state index contributed by atoms with van der Waals surface area (Å²) in [6.07, 6.45) is 4.70. The maximum absolute atomic E-state index is 13.6. The van der Waals surface area contributed by atoms with E-state index in [0.717, 1.165) is 19.4 Å². The highest BCUT2D eigenvalue weighted by molar-refractivity contribution is 5.44. The lowest BCUT2D eigenvalue weighted by Crippen LogP contribution is -2.38. The van der Waals surface area contributed by atoms with Crippen LogP contribution < -0.4 is 10.2 Å². The molecule has 1 aliphatic carbocycles. The van der Waals surface area contributed by atoms with Gasteiger partial charge >= 0.3 is 0 Å². The van der Waals surface area contributed by atoms with Gasteiger partial charge in [0.25, 0.3) is 0 Å². The third-order valence-electron chi connectivity index (χ3n) is 3.02. The maximum Gasteiger partial charge on any atom is 0.224 e. The van der Waals surface area contributed by atoms with Crippen LogP contribution in [0.3, 0.4) is 0 Å². The molecule has 0 aliphatic heterocycles. The van der Waals surface area contributed by atoms with Crippen LogP contribution in [0.1, 0.15) is 26.2 Å². The lowest BCUT2D eigenvalue weighted by atomic mass is 9.92. The van der Waals surface area contributed by atoms with Crippen molar-refractivity contribution in [1.29, 1.82) is 0 Å². The number of nitrogens with zero attached hydrogens (tertiary/aromatic N) is 3. The van der Waals surface area contributed by atoms with E-state index in [0.29, 0.717) is 17.8 Å². The largest absolute Gasteiger partial charge is 0.354 e.